The minimum Gasteiger partial charge on any atom is -0.515 e. The summed E-state index contributed by atoms with van der Waals surface area (Å²) in [5.74, 6) is -2.93. The highest BCUT2D eigenvalue weighted by Gasteiger charge is 2.38. The average molecular weight is 759 g/mol. The summed E-state index contributed by atoms with van der Waals surface area (Å²) in [5.41, 5.74) is 1.82. The lowest BCUT2D eigenvalue weighted by Gasteiger charge is -2.13. The number of sulfonamides is 1. The first-order valence-corrected chi connectivity index (χ1v) is 17.3. The number of rotatable bonds is 12. The van der Waals surface area contributed by atoms with Crippen LogP contribution >= 0.6 is 0 Å². The molecule has 282 valence electrons. The van der Waals surface area contributed by atoms with Gasteiger partial charge in [-0.1, -0.05) is 66.7 Å². The summed E-state index contributed by atoms with van der Waals surface area (Å²) in [6, 6.07) is 23.2. The number of alkyl halides is 3. The zero-order valence-electron chi connectivity index (χ0n) is 28.8. The van der Waals surface area contributed by atoms with Crippen molar-refractivity contribution in [2.24, 2.45) is 4.99 Å². The second-order valence-corrected chi connectivity index (χ2v) is 12.3. The monoisotopic (exact) mass is 758 g/mol. The Bertz CT molecular complexity index is 2060. The molecule has 2 aromatic heterocycles. The van der Waals surface area contributed by atoms with Crippen molar-refractivity contribution in [1.82, 2.24) is 19.1 Å². The maximum absolute atomic E-state index is 12.8. The molecule has 3 N–H and O–H groups in total. The molecular formula is C35H37F3N6O8S. The third kappa shape index (κ3) is 15.4. The number of allylic oxidation sites excluding steroid dienone is 1. The van der Waals surface area contributed by atoms with E-state index in [1.807, 2.05) is 19.1 Å². The summed E-state index contributed by atoms with van der Waals surface area (Å²) in [6.07, 6.45) is 0.0994. The number of hydrogen-bond donors (Lipinski definition) is 3. The zero-order valence-corrected chi connectivity index (χ0v) is 29.6. The van der Waals surface area contributed by atoms with Gasteiger partial charge in [0.2, 0.25) is 15.9 Å². The number of carbonyl (C=O) groups excluding carboxylic acids is 1. The van der Waals surface area contributed by atoms with Crippen molar-refractivity contribution in [2.75, 3.05) is 19.5 Å². The molecule has 0 atom stereocenters. The molecule has 0 fully saturated rings. The second kappa shape index (κ2) is 21.4. The van der Waals surface area contributed by atoms with Crippen molar-refractivity contribution < 1.29 is 46.4 Å². The van der Waals surface area contributed by atoms with Crippen LogP contribution in [0.4, 0.5) is 13.2 Å². The van der Waals surface area contributed by atoms with Gasteiger partial charge in [0, 0.05) is 24.2 Å². The second-order valence-electron chi connectivity index (χ2n) is 10.5. The van der Waals surface area contributed by atoms with Gasteiger partial charge in [-0.25, -0.2) is 37.4 Å². The number of aromatic nitrogens is 3. The van der Waals surface area contributed by atoms with Crippen molar-refractivity contribution >= 4 is 27.7 Å². The molecule has 53 heavy (non-hydrogen) atoms. The Morgan fingerprint density at radius 1 is 1.00 bits per heavy atom. The van der Waals surface area contributed by atoms with Crippen LogP contribution < -0.4 is 10.3 Å². The van der Waals surface area contributed by atoms with E-state index in [-0.39, 0.29) is 19.7 Å². The number of pyridine rings is 1. The van der Waals surface area contributed by atoms with Gasteiger partial charge in [0.1, 0.15) is 12.2 Å². The summed E-state index contributed by atoms with van der Waals surface area (Å²) in [6.45, 7) is 10.6. The van der Waals surface area contributed by atoms with Crippen LogP contribution in [0.2, 0.25) is 0 Å². The van der Waals surface area contributed by atoms with E-state index in [0.717, 1.165) is 29.8 Å². The maximum Gasteiger partial charge on any atom is 0.473 e. The largest absolute Gasteiger partial charge is 0.515 e. The maximum atomic E-state index is 12.8. The first-order valence-electron chi connectivity index (χ1n) is 15.4. The Balaban J connectivity index is 0.000000335. The van der Waals surface area contributed by atoms with Gasteiger partial charge >= 0.3 is 12.1 Å². The molecule has 0 saturated heterocycles. The Hall–Kier alpha value is -6.03. The third-order valence-electron chi connectivity index (χ3n) is 6.37. The number of aromatic hydroxyl groups is 1. The number of aliphatic hydroxyl groups excluding tert-OH is 1. The lowest BCUT2D eigenvalue weighted by atomic mass is 10.2. The summed E-state index contributed by atoms with van der Waals surface area (Å²) in [5, 5.41) is 19.4. The Morgan fingerprint density at radius 3 is 2.04 bits per heavy atom. The number of hydrogen-bond acceptors (Lipinski definition) is 9. The van der Waals surface area contributed by atoms with Gasteiger partial charge in [-0.05, 0) is 37.1 Å². The van der Waals surface area contributed by atoms with E-state index in [1.165, 1.54) is 16.3 Å². The molecule has 14 nitrogen and oxygen atoms in total. The highest BCUT2D eigenvalue weighted by atomic mass is 32.2. The van der Waals surface area contributed by atoms with E-state index < -0.39 is 39.1 Å². The normalized spacial score (nSPS) is 11.9. The molecule has 0 aliphatic heterocycles. The predicted molar refractivity (Wildman–Crippen MR) is 191 cm³/mol. The van der Waals surface area contributed by atoms with E-state index in [9.17, 15) is 36.3 Å². The molecule has 0 aliphatic rings. The number of aliphatic imine (C=N–C) groups is 1. The molecule has 0 unspecified atom stereocenters. The van der Waals surface area contributed by atoms with Gasteiger partial charge in [0.15, 0.2) is 5.70 Å². The number of halogens is 3. The van der Waals surface area contributed by atoms with Gasteiger partial charge in [0.25, 0.3) is 5.56 Å². The molecule has 1 amide bonds. The Kier molecular flexibility index (Phi) is 17.4. The van der Waals surface area contributed by atoms with Crippen LogP contribution in [0.15, 0.2) is 113 Å². The van der Waals surface area contributed by atoms with Crippen molar-refractivity contribution in [3.8, 4) is 5.88 Å². The van der Waals surface area contributed by atoms with E-state index in [4.69, 9.17) is 21.5 Å². The van der Waals surface area contributed by atoms with Gasteiger partial charge in [-0.15, -0.1) is 0 Å². The fourth-order valence-electron chi connectivity index (χ4n) is 3.88. The van der Waals surface area contributed by atoms with Crippen molar-refractivity contribution in [2.45, 2.75) is 33.1 Å². The zero-order chi connectivity index (χ0) is 39.4. The van der Waals surface area contributed by atoms with Crippen LogP contribution in [0.5, 0.6) is 5.88 Å². The lowest BCUT2D eigenvalue weighted by molar-refractivity contribution is -0.281. The van der Waals surface area contributed by atoms with E-state index in [0.29, 0.717) is 29.8 Å². The molecule has 0 bridgehead atoms. The molecular weight excluding hydrogens is 721 g/mol. The number of benzene rings is 2. The minimum absolute atomic E-state index is 0.0706. The summed E-state index contributed by atoms with van der Waals surface area (Å²) < 4.78 is 62.5. The number of nitrogens with zero attached hydrogens (tertiary/aromatic N) is 5. The molecule has 2 aromatic carbocycles. The SMILES string of the molecule is CCOOC/C(=C\O)c1ccccn1.O=C(N=Cc1c(O)n(Cc2ccccc2)n(Cc2ccccc2)c1=O)C(F)(F)F.[C-]#[N+]/C(C)=C/NS(C)(=O)=O. The van der Waals surface area contributed by atoms with Gasteiger partial charge < -0.3 is 14.9 Å². The van der Waals surface area contributed by atoms with E-state index in [1.54, 1.807) is 72.9 Å². The first-order chi connectivity index (χ1) is 25.1. The predicted octanol–water partition coefficient (Wildman–Crippen LogP) is 5.22. The van der Waals surface area contributed by atoms with Crippen LogP contribution in [-0.2, 0) is 37.7 Å². The highest BCUT2D eigenvalue weighted by Crippen LogP contribution is 2.19. The van der Waals surface area contributed by atoms with Gasteiger partial charge in [0.05, 0.1) is 44.5 Å². The van der Waals surface area contributed by atoms with Crippen LogP contribution in [0.25, 0.3) is 10.4 Å². The molecule has 18 heteroatoms. The number of amides is 1. The summed E-state index contributed by atoms with van der Waals surface area (Å²) in [4.78, 5) is 43.1. The first kappa shape index (κ1) is 43.1. The molecule has 0 saturated carbocycles. The quantitative estimate of drug-likeness (QED) is 0.0436. The summed E-state index contributed by atoms with van der Waals surface area (Å²) in [7, 11) is -3.20. The lowest BCUT2D eigenvalue weighted by Crippen LogP contribution is -2.25. The Morgan fingerprint density at radius 2 is 1.57 bits per heavy atom. The van der Waals surface area contributed by atoms with E-state index >= 15 is 0 Å². The van der Waals surface area contributed by atoms with Gasteiger partial charge in [-0.2, -0.15) is 13.2 Å². The molecule has 0 radical (unpaired) electrons. The molecule has 4 aromatic rings. The number of aliphatic hydroxyl groups is 1. The van der Waals surface area contributed by atoms with Crippen molar-refractivity contribution in [3.63, 3.8) is 0 Å². The fourth-order valence-corrected chi connectivity index (χ4v) is 4.26. The van der Waals surface area contributed by atoms with Crippen molar-refractivity contribution in [1.29, 1.82) is 0 Å². The average Bonchev–Trinajstić information content (AvgIpc) is 3.35. The van der Waals surface area contributed by atoms with Gasteiger partial charge in [-0.3, -0.25) is 14.6 Å². The third-order valence-corrected chi connectivity index (χ3v) is 6.91. The molecule has 2 heterocycles. The molecule has 4 rings (SSSR count). The standard InChI is InChI=1S/C20H16F3N3O3.C10H13NO3.C5H8N2O2S/c21-20(22,23)19(29)24-11-16-17(27)25(12-14-7-3-1-4-8-14)26(18(16)28)13-15-9-5-2-6-10-15;1-2-13-14-8-9(7-12)10-5-3-4-6-11-10;1-5(6-2)4-7-10(3,8)9/h1-11,27H,12-13H2;3-7,12H,2,8H2,1H3;4,7H,1,3H3/b;9-7+;5-4+. The summed E-state index contributed by atoms with van der Waals surface area (Å²) >= 11 is 0. The number of carbonyl (C=O) groups is 1. The number of nitrogens with one attached hydrogen (secondary N) is 1. The Labute approximate surface area is 303 Å². The minimum atomic E-state index is -5.16. The van der Waals surface area contributed by atoms with Crippen LogP contribution in [0, 0.1) is 6.57 Å². The topological polar surface area (TPSA) is 179 Å². The molecule has 0 aliphatic carbocycles. The smallest absolute Gasteiger partial charge is 0.473 e. The van der Waals surface area contributed by atoms with Crippen molar-refractivity contribution in [3.05, 3.63) is 147 Å². The highest BCUT2D eigenvalue weighted by molar-refractivity contribution is 7.88. The fraction of sp³-hybridized carbons (Fsp3) is 0.229. The van der Waals surface area contributed by atoms with E-state index in [2.05, 4.69) is 19.5 Å². The van der Waals surface area contributed by atoms with Crippen LogP contribution in [0.3, 0.4) is 0 Å². The van der Waals surface area contributed by atoms with Crippen LogP contribution in [-0.4, -0.2) is 70.7 Å². The van der Waals surface area contributed by atoms with Crippen LogP contribution in [0.1, 0.15) is 36.2 Å². The molecule has 0 spiro atoms.